The number of carbonyl (C=O) groups excluding carboxylic acids is 5. The fourth-order valence-electron chi connectivity index (χ4n) is 2.69. The molecule has 12 N–H and O–H groups in total. The van der Waals surface area contributed by atoms with Crippen molar-refractivity contribution in [2.75, 3.05) is 6.61 Å². The van der Waals surface area contributed by atoms with E-state index >= 15 is 0 Å². The van der Waals surface area contributed by atoms with E-state index in [1.54, 1.807) is 0 Å². The molecular formula is C18H28N8O8. The smallest absolute Gasteiger partial charge is 0.326 e. The normalized spacial score (nSPS) is 14.2. The lowest BCUT2D eigenvalue weighted by Crippen LogP contribution is -2.58. The van der Waals surface area contributed by atoms with Gasteiger partial charge in [0.1, 0.15) is 24.2 Å². The van der Waals surface area contributed by atoms with Crippen LogP contribution in [0, 0.1) is 0 Å². The van der Waals surface area contributed by atoms with Crippen LogP contribution < -0.4 is 33.2 Å². The van der Waals surface area contributed by atoms with E-state index in [1.807, 2.05) is 0 Å². The Kier molecular flexibility index (Phi) is 11.1. The van der Waals surface area contributed by atoms with Gasteiger partial charge in [0.2, 0.25) is 29.5 Å². The number of carboxylic acids is 1. The molecule has 4 atom stereocenters. The molecule has 1 aromatic rings. The lowest BCUT2D eigenvalue weighted by molar-refractivity contribution is -0.142. The number of aromatic amines is 1. The minimum atomic E-state index is -1.60. The second-order valence-corrected chi connectivity index (χ2v) is 7.27. The summed E-state index contributed by atoms with van der Waals surface area (Å²) in [5, 5.41) is 25.0. The van der Waals surface area contributed by atoms with Gasteiger partial charge in [-0.1, -0.05) is 0 Å². The molecule has 4 unspecified atom stereocenters. The van der Waals surface area contributed by atoms with Gasteiger partial charge in [-0.2, -0.15) is 0 Å². The molecule has 0 aliphatic heterocycles. The summed E-state index contributed by atoms with van der Waals surface area (Å²) < 4.78 is 0. The van der Waals surface area contributed by atoms with Gasteiger partial charge >= 0.3 is 5.97 Å². The van der Waals surface area contributed by atoms with E-state index < -0.39 is 72.7 Å². The number of aliphatic hydroxyl groups excluding tert-OH is 1. The summed E-state index contributed by atoms with van der Waals surface area (Å²) >= 11 is 0. The van der Waals surface area contributed by atoms with Gasteiger partial charge < -0.3 is 48.3 Å². The van der Waals surface area contributed by atoms with Crippen molar-refractivity contribution in [2.45, 2.75) is 49.9 Å². The van der Waals surface area contributed by atoms with E-state index in [0.717, 1.165) is 0 Å². The van der Waals surface area contributed by atoms with Gasteiger partial charge in [-0.15, -0.1) is 0 Å². The number of H-pyrrole nitrogens is 1. The molecule has 188 valence electrons. The Labute approximate surface area is 193 Å². The van der Waals surface area contributed by atoms with E-state index in [-0.39, 0.29) is 19.3 Å². The average molecular weight is 484 g/mol. The first kappa shape index (κ1) is 28.0. The van der Waals surface area contributed by atoms with Crippen LogP contribution in [0.4, 0.5) is 0 Å². The van der Waals surface area contributed by atoms with Crippen LogP contribution in [0.2, 0.25) is 0 Å². The molecule has 0 saturated heterocycles. The van der Waals surface area contributed by atoms with Gasteiger partial charge in [0, 0.05) is 24.7 Å². The number of amides is 5. The molecule has 1 aromatic heterocycles. The summed E-state index contributed by atoms with van der Waals surface area (Å²) in [6.07, 6.45) is 1.21. The molecule has 0 spiro atoms. The number of aromatic nitrogens is 2. The van der Waals surface area contributed by atoms with Gasteiger partial charge in [0.25, 0.3) is 0 Å². The van der Waals surface area contributed by atoms with Crippen LogP contribution in [0.3, 0.4) is 0 Å². The number of carbonyl (C=O) groups is 6. The quantitative estimate of drug-likeness (QED) is 0.114. The van der Waals surface area contributed by atoms with Crippen molar-refractivity contribution in [1.82, 2.24) is 25.9 Å². The zero-order valence-corrected chi connectivity index (χ0v) is 18.0. The second kappa shape index (κ2) is 13.5. The average Bonchev–Trinajstić information content (AvgIpc) is 3.27. The molecule has 0 aliphatic carbocycles. The summed E-state index contributed by atoms with van der Waals surface area (Å²) in [5.41, 5.74) is 16.0. The Morgan fingerprint density at radius 1 is 0.941 bits per heavy atom. The highest BCUT2D eigenvalue weighted by Gasteiger charge is 2.31. The molecule has 0 bridgehead atoms. The third kappa shape index (κ3) is 9.61. The number of aliphatic hydroxyl groups is 1. The first-order valence-electron chi connectivity index (χ1n) is 9.98. The minimum Gasteiger partial charge on any atom is -0.480 e. The molecule has 0 fully saturated rings. The van der Waals surface area contributed by atoms with Crippen molar-refractivity contribution in [2.24, 2.45) is 17.2 Å². The lowest BCUT2D eigenvalue weighted by Gasteiger charge is -2.24. The van der Waals surface area contributed by atoms with E-state index in [0.29, 0.717) is 5.69 Å². The molecule has 16 heteroatoms. The standard InChI is InChI=1S/C18H28N8O8/c19-9(6-27)15(30)25-11(3-8-5-22-7-23-8)16(31)26-12(4-14(21)29)17(32)24-10(18(33)34)1-2-13(20)28/h5,7,9-12,27H,1-4,6,19H2,(H2,20,28)(H2,21,29)(H,22,23)(H,24,32)(H,25,30)(H,26,31)(H,33,34). The number of nitrogens with one attached hydrogen (secondary N) is 4. The zero-order valence-electron chi connectivity index (χ0n) is 18.0. The number of aliphatic carboxylic acids is 1. The van der Waals surface area contributed by atoms with E-state index in [1.165, 1.54) is 12.5 Å². The van der Waals surface area contributed by atoms with Crippen molar-refractivity contribution >= 4 is 35.5 Å². The van der Waals surface area contributed by atoms with Crippen LogP contribution >= 0.6 is 0 Å². The Bertz CT molecular complexity index is 891. The molecule has 0 radical (unpaired) electrons. The Morgan fingerprint density at radius 2 is 1.53 bits per heavy atom. The van der Waals surface area contributed by atoms with Crippen molar-refractivity contribution in [1.29, 1.82) is 0 Å². The number of imidazole rings is 1. The van der Waals surface area contributed by atoms with Gasteiger partial charge in [0.05, 0.1) is 19.4 Å². The fourth-order valence-corrected chi connectivity index (χ4v) is 2.69. The van der Waals surface area contributed by atoms with E-state index in [9.17, 15) is 33.9 Å². The van der Waals surface area contributed by atoms with Crippen LogP contribution in [0.5, 0.6) is 0 Å². The number of carboxylic acid groups (broad SMARTS) is 1. The highest BCUT2D eigenvalue weighted by atomic mass is 16.4. The molecule has 16 nitrogen and oxygen atoms in total. The summed E-state index contributed by atoms with van der Waals surface area (Å²) in [6.45, 7) is -0.696. The van der Waals surface area contributed by atoms with Gasteiger partial charge in [0.15, 0.2) is 0 Å². The SMILES string of the molecule is NC(=O)CCC(NC(=O)C(CC(N)=O)NC(=O)C(Cc1cnc[nH]1)NC(=O)C(N)CO)C(=O)O. The molecule has 34 heavy (non-hydrogen) atoms. The number of primary amides is 2. The Balaban J connectivity index is 3.03. The first-order valence-corrected chi connectivity index (χ1v) is 9.98. The summed E-state index contributed by atoms with van der Waals surface area (Å²) in [6, 6.07) is -5.79. The molecule has 0 saturated carbocycles. The van der Waals surface area contributed by atoms with Gasteiger partial charge in [-0.25, -0.2) is 9.78 Å². The zero-order chi connectivity index (χ0) is 25.8. The second-order valence-electron chi connectivity index (χ2n) is 7.27. The minimum absolute atomic E-state index is 0.128. The van der Waals surface area contributed by atoms with Crippen molar-refractivity contribution in [3.8, 4) is 0 Å². The van der Waals surface area contributed by atoms with Crippen molar-refractivity contribution in [3.63, 3.8) is 0 Å². The van der Waals surface area contributed by atoms with Gasteiger partial charge in [-0.3, -0.25) is 24.0 Å². The monoisotopic (exact) mass is 484 g/mol. The molecule has 1 heterocycles. The predicted octanol–water partition coefficient (Wildman–Crippen LogP) is -5.05. The van der Waals surface area contributed by atoms with Gasteiger partial charge in [-0.05, 0) is 6.42 Å². The maximum Gasteiger partial charge on any atom is 0.326 e. The number of nitrogens with two attached hydrogens (primary N) is 3. The fraction of sp³-hybridized carbons (Fsp3) is 0.500. The third-order valence-corrected chi connectivity index (χ3v) is 4.48. The number of rotatable bonds is 15. The largest absolute Gasteiger partial charge is 0.480 e. The summed E-state index contributed by atoms with van der Waals surface area (Å²) in [5.74, 6) is -6.11. The summed E-state index contributed by atoms with van der Waals surface area (Å²) in [7, 11) is 0. The maximum atomic E-state index is 12.9. The van der Waals surface area contributed by atoms with Crippen LogP contribution in [0.25, 0.3) is 0 Å². The Morgan fingerprint density at radius 3 is 2.03 bits per heavy atom. The topological polar surface area (TPSA) is 286 Å². The number of nitrogens with zero attached hydrogens (tertiary/aromatic N) is 1. The third-order valence-electron chi connectivity index (χ3n) is 4.48. The van der Waals surface area contributed by atoms with Crippen LogP contribution in [0.15, 0.2) is 12.5 Å². The van der Waals surface area contributed by atoms with Crippen LogP contribution in [-0.4, -0.2) is 86.5 Å². The molecule has 1 rings (SSSR count). The molecule has 0 aliphatic rings. The first-order chi connectivity index (χ1) is 15.9. The van der Waals surface area contributed by atoms with Crippen LogP contribution in [0.1, 0.15) is 25.0 Å². The summed E-state index contributed by atoms with van der Waals surface area (Å²) in [4.78, 5) is 77.9. The van der Waals surface area contributed by atoms with Crippen molar-refractivity contribution < 1.29 is 39.0 Å². The molecule has 0 aromatic carbocycles. The maximum absolute atomic E-state index is 12.9. The van der Waals surface area contributed by atoms with E-state index in [2.05, 4.69) is 25.9 Å². The Hall–Kier alpha value is -4.05. The molecular weight excluding hydrogens is 456 g/mol. The highest BCUT2D eigenvalue weighted by Crippen LogP contribution is 2.04. The lowest BCUT2D eigenvalue weighted by atomic mass is 10.1. The number of hydrogen-bond acceptors (Lipinski definition) is 9. The highest BCUT2D eigenvalue weighted by molar-refractivity contribution is 5.96. The van der Waals surface area contributed by atoms with Crippen molar-refractivity contribution in [3.05, 3.63) is 18.2 Å². The van der Waals surface area contributed by atoms with Crippen LogP contribution in [-0.2, 0) is 35.2 Å². The molecule has 5 amide bonds. The number of hydrogen-bond donors (Lipinski definition) is 9. The van der Waals surface area contributed by atoms with E-state index in [4.69, 9.17) is 22.3 Å². The predicted molar refractivity (Wildman–Crippen MR) is 113 cm³/mol.